The lowest BCUT2D eigenvalue weighted by Gasteiger charge is -2.19. The Hall–Kier alpha value is -3.07. The molecule has 0 aliphatic carbocycles. The Morgan fingerprint density at radius 1 is 1.13 bits per heavy atom. The van der Waals surface area contributed by atoms with Gasteiger partial charge >= 0.3 is 11.7 Å². The summed E-state index contributed by atoms with van der Waals surface area (Å²) >= 11 is 0. The number of hydrogen-bond donors (Lipinski definition) is 2. The molecule has 0 saturated heterocycles. The Morgan fingerprint density at radius 3 is 2.55 bits per heavy atom. The van der Waals surface area contributed by atoms with Gasteiger partial charge in [-0.25, -0.2) is 9.78 Å². The van der Waals surface area contributed by atoms with Gasteiger partial charge in [0.05, 0.1) is 17.6 Å². The van der Waals surface area contributed by atoms with E-state index in [1.807, 2.05) is 51.3 Å². The maximum absolute atomic E-state index is 12.3. The van der Waals surface area contributed by atoms with E-state index in [0.717, 1.165) is 29.5 Å². The van der Waals surface area contributed by atoms with Crippen molar-refractivity contribution in [2.45, 2.75) is 59.6 Å². The number of esters is 1. The summed E-state index contributed by atoms with van der Waals surface area (Å²) in [7, 11) is 0. The van der Waals surface area contributed by atoms with Gasteiger partial charge in [0, 0.05) is 6.54 Å². The maximum Gasteiger partial charge on any atom is 0.349 e. The summed E-state index contributed by atoms with van der Waals surface area (Å²) in [6.07, 6.45) is 1.55. The molecule has 0 radical (unpaired) electrons. The number of carbonyl (C=O) groups excluding carboxylic acids is 1. The van der Waals surface area contributed by atoms with Gasteiger partial charge in [-0.05, 0) is 77.3 Å². The van der Waals surface area contributed by atoms with Gasteiger partial charge in [0.25, 0.3) is 5.56 Å². The lowest BCUT2D eigenvalue weighted by Crippen LogP contribution is -2.32. The fraction of sp³-hybridized carbons (Fsp3) is 0.500. The van der Waals surface area contributed by atoms with Crippen molar-refractivity contribution < 1.29 is 9.53 Å². The number of aromatic nitrogens is 4. The molecule has 0 unspecified atom stereocenters. The number of H-pyrrole nitrogens is 1. The number of aromatic amines is 1. The minimum atomic E-state index is -0.685. The van der Waals surface area contributed by atoms with Crippen LogP contribution in [0.15, 0.2) is 21.7 Å². The summed E-state index contributed by atoms with van der Waals surface area (Å²) in [5.41, 5.74) is 2.10. The standard InChI is InChI=1S/C22H29N5O4/c1-13-10-15-16(11-14(13)2)27(19-18(24-15)20(29)26-21(30)25-19)9-7-6-8-23-12-17(28)31-22(3,4)5/h10-11,23H,6-9,12H2,1-5H3,(H,26,29,30). The second kappa shape index (κ2) is 8.97. The highest BCUT2D eigenvalue weighted by Gasteiger charge is 2.19. The molecule has 1 aromatic carbocycles. The molecule has 0 aromatic heterocycles. The van der Waals surface area contributed by atoms with Gasteiger partial charge in [-0.1, -0.05) is 0 Å². The molecule has 2 heterocycles. The van der Waals surface area contributed by atoms with E-state index in [1.165, 1.54) is 0 Å². The number of hydrogen-bond acceptors (Lipinski definition) is 7. The normalized spacial score (nSPS) is 11.9. The summed E-state index contributed by atoms with van der Waals surface area (Å²) < 4.78 is 7.15. The number of nitrogens with one attached hydrogen (secondary N) is 2. The van der Waals surface area contributed by atoms with Crippen LogP contribution in [0.3, 0.4) is 0 Å². The third-order valence-electron chi connectivity index (χ3n) is 4.90. The van der Waals surface area contributed by atoms with Gasteiger partial charge in [-0.3, -0.25) is 14.6 Å². The maximum atomic E-state index is 12.3. The third-order valence-corrected chi connectivity index (χ3v) is 4.90. The molecule has 3 rings (SSSR count). The van der Waals surface area contributed by atoms with E-state index in [2.05, 4.69) is 20.3 Å². The van der Waals surface area contributed by atoms with Crippen LogP contribution in [0.2, 0.25) is 0 Å². The molecule has 0 saturated carbocycles. The Kier molecular flexibility index (Phi) is 6.54. The van der Waals surface area contributed by atoms with Crippen LogP contribution < -0.4 is 16.6 Å². The number of rotatable bonds is 7. The topological polar surface area (TPSA) is 119 Å². The molecule has 2 N–H and O–H groups in total. The minimum absolute atomic E-state index is 0.151. The van der Waals surface area contributed by atoms with Crippen LogP contribution in [0, 0.1) is 13.8 Å². The van der Waals surface area contributed by atoms with Crippen molar-refractivity contribution in [2.75, 3.05) is 13.1 Å². The number of unbranched alkanes of at least 4 members (excludes halogenated alkanes) is 1. The molecule has 0 fully saturated rings. The van der Waals surface area contributed by atoms with Crippen LogP contribution >= 0.6 is 0 Å². The zero-order valence-electron chi connectivity index (χ0n) is 18.7. The molecule has 31 heavy (non-hydrogen) atoms. The molecule has 2 aliphatic rings. The van der Waals surface area contributed by atoms with Crippen LogP contribution in [0.1, 0.15) is 44.7 Å². The lowest BCUT2D eigenvalue weighted by atomic mass is 10.1. The van der Waals surface area contributed by atoms with Crippen LogP contribution in [-0.2, 0) is 16.1 Å². The molecule has 2 aliphatic heterocycles. The van der Waals surface area contributed by atoms with Crippen molar-refractivity contribution >= 4 is 17.0 Å². The largest absolute Gasteiger partial charge is 0.459 e. The molecule has 1 aromatic rings. The molecule has 0 spiro atoms. The molecule has 9 nitrogen and oxygen atoms in total. The third kappa shape index (κ3) is 5.55. The first kappa shape index (κ1) is 22.6. The molecule has 0 atom stereocenters. The lowest BCUT2D eigenvalue weighted by molar-refractivity contribution is -0.153. The van der Waals surface area contributed by atoms with Gasteiger partial charge in [0.1, 0.15) is 5.60 Å². The Morgan fingerprint density at radius 2 is 1.84 bits per heavy atom. The first-order chi connectivity index (χ1) is 14.5. The van der Waals surface area contributed by atoms with Crippen molar-refractivity contribution in [3.8, 4) is 11.5 Å². The second-order valence-electron chi connectivity index (χ2n) is 8.70. The van der Waals surface area contributed by atoms with Gasteiger partial charge in [-0.15, -0.1) is 0 Å². The highest BCUT2D eigenvalue weighted by molar-refractivity contribution is 5.81. The van der Waals surface area contributed by atoms with Crippen LogP contribution in [0.4, 0.5) is 0 Å². The zero-order valence-corrected chi connectivity index (χ0v) is 18.7. The average Bonchev–Trinajstić information content (AvgIpc) is 2.64. The van der Waals surface area contributed by atoms with Gasteiger partial charge in [0.2, 0.25) is 0 Å². The first-order valence-electron chi connectivity index (χ1n) is 10.4. The van der Waals surface area contributed by atoms with E-state index in [9.17, 15) is 14.4 Å². The quantitative estimate of drug-likeness (QED) is 0.336. The Balaban J connectivity index is 1.76. The predicted molar refractivity (Wildman–Crippen MR) is 118 cm³/mol. The smallest absolute Gasteiger partial charge is 0.349 e. The van der Waals surface area contributed by atoms with E-state index >= 15 is 0 Å². The van der Waals surface area contributed by atoms with Gasteiger partial charge in [0.15, 0.2) is 11.5 Å². The highest BCUT2D eigenvalue weighted by Crippen LogP contribution is 2.24. The van der Waals surface area contributed by atoms with E-state index in [-0.39, 0.29) is 24.0 Å². The zero-order chi connectivity index (χ0) is 22.8. The van der Waals surface area contributed by atoms with Gasteiger partial charge in [-0.2, -0.15) is 4.98 Å². The van der Waals surface area contributed by atoms with Crippen molar-refractivity contribution in [1.82, 2.24) is 24.8 Å². The first-order valence-corrected chi connectivity index (χ1v) is 10.4. The Labute approximate surface area is 180 Å². The van der Waals surface area contributed by atoms with Crippen LogP contribution in [-0.4, -0.2) is 44.2 Å². The summed E-state index contributed by atoms with van der Waals surface area (Å²) in [5.74, 6) is -0.00328. The number of ether oxygens (including phenoxy) is 1. The monoisotopic (exact) mass is 427 g/mol. The van der Waals surface area contributed by atoms with Gasteiger partial charge < -0.3 is 14.6 Å². The number of carbonyl (C=O) groups is 1. The molecular formula is C22H29N5O4. The number of nitrogens with zero attached hydrogens (tertiary/aromatic N) is 3. The second-order valence-corrected chi connectivity index (χ2v) is 8.70. The van der Waals surface area contributed by atoms with Crippen molar-refractivity contribution in [3.63, 3.8) is 0 Å². The fourth-order valence-electron chi connectivity index (χ4n) is 3.36. The van der Waals surface area contributed by atoms with Crippen molar-refractivity contribution in [1.29, 1.82) is 0 Å². The SMILES string of the molecule is Cc1cc2nc3c(=O)[nH]c(=O)nc-3n(CCCCNCC(=O)OC(C)(C)C)c2cc1C. The van der Waals surface area contributed by atoms with E-state index in [4.69, 9.17) is 4.74 Å². The molecule has 0 amide bonds. The fourth-order valence-corrected chi connectivity index (χ4v) is 3.36. The van der Waals surface area contributed by atoms with E-state index in [1.54, 1.807) is 0 Å². The summed E-state index contributed by atoms with van der Waals surface area (Å²) in [6.45, 7) is 10.9. The number of fused-ring (bicyclic) bond motifs is 2. The molecule has 166 valence electrons. The molecular weight excluding hydrogens is 398 g/mol. The highest BCUT2D eigenvalue weighted by atomic mass is 16.6. The van der Waals surface area contributed by atoms with Crippen LogP contribution in [0.25, 0.3) is 22.6 Å². The van der Waals surface area contributed by atoms with E-state index in [0.29, 0.717) is 18.6 Å². The minimum Gasteiger partial charge on any atom is -0.459 e. The summed E-state index contributed by atoms with van der Waals surface area (Å²) in [5, 5.41) is 3.09. The predicted octanol–water partition coefficient (Wildman–Crippen LogP) is 1.91. The molecule has 9 heteroatoms. The summed E-state index contributed by atoms with van der Waals surface area (Å²) in [4.78, 5) is 46.6. The van der Waals surface area contributed by atoms with Crippen molar-refractivity contribution in [3.05, 3.63) is 44.1 Å². The Bertz CT molecular complexity index is 1190. The van der Waals surface area contributed by atoms with Crippen molar-refractivity contribution in [2.24, 2.45) is 0 Å². The number of aryl methyl sites for hydroxylation is 3. The van der Waals surface area contributed by atoms with E-state index < -0.39 is 16.9 Å². The number of benzene rings is 1. The average molecular weight is 428 g/mol. The molecule has 0 bridgehead atoms. The summed E-state index contributed by atoms with van der Waals surface area (Å²) in [6, 6.07) is 3.94. The van der Waals surface area contributed by atoms with Crippen LogP contribution in [0.5, 0.6) is 0 Å².